The highest BCUT2D eigenvalue weighted by Crippen LogP contribution is 2.51. The first kappa shape index (κ1) is 7.02. The van der Waals surface area contributed by atoms with E-state index in [1.807, 2.05) is 0 Å². The van der Waals surface area contributed by atoms with Crippen molar-refractivity contribution in [1.29, 1.82) is 0 Å². The van der Waals surface area contributed by atoms with E-state index in [0.29, 0.717) is 0 Å². The van der Waals surface area contributed by atoms with Gasteiger partial charge in [-0.05, 0) is 18.8 Å². The van der Waals surface area contributed by atoms with Crippen LogP contribution in [0.15, 0.2) is 0 Å². The third kappa shape index (κ3) is 0.990. The molecule has 0 amide bonds. The molecule has 10 heavy (non-hydrogen) atoms. The van der Waals surface area contributed by atoms with Crippen molar-refractivity contribution in [1.82, 2.24) is 0 Å². The molecule has 2 heterocycles. The highest BCUT2D eigenvalue weighted by molar-refractivity contribution is 8.01. The molecule has 0 N–H and O–H groups in total. The fourth-order valence-corrected chi connectivity index (χ4v) is 4.31. The lowest BCUT2D eigenvalue weighted by molar-refractivity contribution is 0.429. The van der Waals surface area contributed by atoms with E-state index in [9.17, 15) is 0 Å². The van der Waals surface area contributed by atoms with Gasteiger partial charge in [0.15, 0.2) is 0 Å². The van der Waals surface area contributed by atoms with Gasteiger partial charge in [-0.3, -0.25) is 0 Å². The zero-order valence-corrected chi connectivity index (χ0v) is 7.49. The summed E-state index contributed by atoms with van der Waals surface area (Å²) in [5, 5.41) is 2.13. The number of rotatable bonds is 1. The van der Waals surface area contributed by atoms with Crippen LogP contribution in [0, 0.1) is 5.92 Å². The summed E-state index contributed by atoms with van der Waals surface area (Å²) < 4.78 is 0. The second-order valence-corrected chi connectivity index (χ2v) is 5.05. The summed E-state index contributed by atoms with van der Waals surface area (Å²) in [5.41, 5.74) is 0. The van der Waals surface area contributed by atoms with Crippen molar-refractivity contribution in [3.8, 4) is 0 Å². The predicted molar refractivity (Wildman–Crippen MR) is 47.4 cm³/mol. The average Bonchev–Trinajstić information content (AvgIpc) is 2.19. The quantitative estimate of drug-likeness (QED) is 0.562. The van der Waals surface area contributed by atoms with Gasteiger partial charge in [-0.15, -0.1) is 0 Å². The van der Waals surface area contributed by atoms with E-state index in [4.69, 9.17) is 0 Å². The smallest absolute Gasteiger partial charge is 0.00886 e. The summed E-state index contributed by atoms with van der Waals surface area (Å²) in [6.07, 6.45) is 7.47. The van der Waals surface area contributed by atoms with Gasteiger partial charge in [0, 0.05) is 10.5 Å². The number of fused-ring (bicyclic) bond motifs is 3. The molecule has 2 atom stereocenters. The average molecular weight is 156 g/mol. The molecule has 1 heteroatoms. The van der Waals surface area contributed by atoms with E-state index < -0.39 is 0 Å². The van der Waals surface area contributed by atoms with Gasteiger partial charge in [-0.25, -0.2) is 0 Å². The Kier molecular flexibility index (Phi) is 1.94. The molecule has 1 saturated carbocycles. The van der Waals surface area contributed by atoms with Crippen molar-refractivity contribution in [2.75, 3.05) is 0 Å². The minimum absolute atomic E-state index is 1.07. The Bertz CT molecular complexity index is 106. The maximum absolute atomic E-state index is 2.36. The molecule has 3 fully saturated rings. The second-order valence-electron chi connectivity index (χ2n) is 3.57. The lowest BCUT2D eigenvalue weighted by Gasteiger charge is -2.42. The van der Waals surface area contributed by atoms with Crippen LogP contribution in [0.3, 0.4) is 0 Å². The predicted octanol–water partition coefficient (Wildman–Crippen LogP) is 3.07. The largest absolute Gasteiger partial charge is 0.155 e. The third-order valence-electron chi connectivity index (χ3n) is 3.00. The molecule has 0 aromatic rings. The molecule has 3 aliphatic rings. The summed E-state index contributed by atoms with van der Waals surface area (Å²) in [4.78, 5) is 0. The Morgan fingerprint density at radius 2 is 1.80 bits per heavy atom. The Labute approximate surface area is 67.8 Å². The molecule has 2 saturated heterocycles. The number of hydrogen-bond acceptors (Lipinski definition) is 1. The number of hydrogen-bond donors (Lipinski definition) is 0. The molecule has 2 unspecified atom stereocenters. The molecular formula is C9H16S. The SMILES string of the molecule is CCC1C2CCCCC1S2. The van der Waals surface area contributed by atoms with Crippen molar-refractivity contribution in [3.05, 3.63) is 0 Å². The van der Waals surface area contributed by atoms with Crippen LogP contribution in [-0.2, 0) is 0 Å². The fourth-order valence-electron chi connectivity index (χ4n) is 2.36. The molecule has 2 aliphatic heterocycles. The van der Waals surface area contributed by atoms with Crippen LogP contribution < -0.4 is 0 Å². The van der Waals surface area contributed by atoms with Gasteiger partial charge < -0.3 is 0 Å². The zero-order chi connectivity index (χ0) is 6.97. The van der Waals surface area contributed by atoms with Gasteiger partial charge in [0.1, 0.15) is 0 Å². The first-order valence-electron chi connectivity index (χ1n) is 4.57. The van der Waals surface area contributed by atoms with Crippen LogP contribution in [0.25, 0.3) is 0 Å². The number of thioether (sulfide) groups is 1. The maximum atomic E-state index is 2.36. The van der Waals surface area contributed by atoms with Gasteiger partial charge >= 0.3 is 0 Å². The molecule has 0 nitrogen and oxygen atoms in total. The lowest BCUT2D eigenvalue weighted by atomic mass is 9.95. The molecule has 0 aromatic heterocycles. The molecule has 0 aromatic carbocycles. The van der Waals surface area contributed by atoms with E-state index in [1.165, 1.54) is 32.1 Å². The van der Waals surface area contributed by atoms with E-state index >= 15 is 0 Å². The van der Waals surface area contributed by atoms with Gasteiger partial charge in [-0.2, -0.15) is 11.8 Å². The van der Waals surface area contributed by atoms with E-state index in [1.54, 1.807) is 0 Å². The zero-order valence-electron chi connectivity index (χ0n) is 6.68. The first-order valence-corrected chi connectivity index (χ1v) is 5.51. The molecule has 2 bridgehead atoms. The van der Waals surface area contributed by atoms with Crippen LogP contribution in [0.1, 0.15) is 39.0 Å². The van der Waals surface area contributed by atoms with Gasteiger partial charge in [0.25, 0.3) is 0 Å². The van der Waals surface area contributed by atoms with Crippen molar-refractivity contribution in [2.24, 2.45) is 5.92 Å². The van der Waals surface area contributed by atoms with Crippen LogP contribution in [0.4, 0.5) is 0 Å². The highest BCUT2D eigenvalue weighted by atomic mass is 32.2. The lowest BCUT2D eigenvalue weighted by Crippen LogP contribution is -2.37. The molecule has 58 valence electrons. The summed E-state index contributed by atoms with van der Waals surface area (Å²) in [5.74, 6) is 1.10. The molecule has 3 rings (SSSR count). The normalized spacial score (nSPS) is 45.9. The maximum Gasteiger partial charge on any atom is 0.00886 e. The Morgan fingerprint density at radius 1 is 1.20 bits per heavy atom. The van der Waals surface area contributed by atoms with E-state index in [0.717, 1.165) is 16.4 Å². The van der Waals surface area contributed by atoms with E-state index in [2.05, 4.69) is 18.7 Å². The topological polar surface area (TPSA) is 0 Å². The van der Waals surface area contributed by atoms with Crippen LogP contribution in [0.5, 0.6) is 0 Å². The minimum atomic E-state index is 1.07. The molecule has 0 spiro atoms. The highest BCUT2D eigenvalue weighted by Gasteiger charge is 2.40. The van der Waals surface area contributed by atoms with Crippen LogP contribution in [0.2, 0.25) is 0 Å². The molecule has 1 aliphatic carbocycles. The molecule has 0 radical (unpaired) electrons. The Hall–Kier alpha value is 0.350. The van der Waals surface area contributed by atoms with Crippen LogP contribution >= 0.6 is 11.8 Å². The van der Waals surface area contributed by atoms with Crippen LogP contribution in [-0.4, -0.2) is 10.5 Å². The Morgan fingerprint density at radius 3 is 2.30 bits per heavy atom. The van der Waals surface area contributed by atoms with Gasteiger partial charge in [0.2, 0.25) is 0 Å². The van der Waals surface area contributed by atoms with Crippen molar-refractivity contribution in [3.63, 3.8) is 0 Å². The second kappa shape index (κ2) is 2.77. The van der Waals surface area contributed by atoms with Gasteiger partial charge in [-0.1, -0.05) is 26.2 Å². The summed E-state index contributed by atoms with van der Waals surface area (Å²) in [7, 11) is 0. The van der Waals surface area contributed by atoms with E-state index in [-0.39, 0.29) is 0 Å². The first-order chi connectivity index (χ1) is 4.92. The standard InChI is InChI=1S/C9H16S/c1-2-7-8-5-3-4-6-9(7)10-8/h7-9H,2-6H2,1H3. The van der Waals surface area contributed by atoms with Crippen molar-refractivity contribution < 1.29 is 0 Å². The summed E-state index contributed by atoms with van der Waals surface area (Å²) in [6, 6.07) is 0. The van der Waals surface area contributed by atoms with Gasteiger partial charge in [0.05, 0.1) is 0 Å². The monoisotopic (exact) mass is 156 g/mol. The summed E-state index contributed by atoms with van der Waals surface area (Å²) in [6.45, 7) is 2.36. The summed E-state index contributed by atoms with van der Waals surface area (Å²) >= 11 is 2.27. The van der Waals surface area contributed by atoms with Crippen molar-refractivity contribution in [2.45, 2.75) is 49.5 Å². The minimum Gasteiger partial charge on any atom is -0.155 e. The third-order valence-corrected chi connectivity index (χ3v) is 4.87. The fraction of sp³-hybridized carbons (Fsp3) is 1.00. The molecular weight excluding hydrogens is 140 g/mol. The van der Waals surface area contributed by atoms with Crippen molar-refractivity contribution >= 4 is 11.8 Å². The Balaban J connectivity index is 1.98.